The van der Waals surface area contributed by atoms with Crippen molar-refractivity contribution in [2.45, 2.75) is 19.4 Å². The van der Waals surface area contributed by atoms with Crippen molar-refractivity contribution in [1.29, 1.82) is 0 Å². The second-order valence-electron chi connectivity index (χ2n) is 4.84. The van der Waals surface area contributed by atoms with Crippen molar-refractivity contribution in [3.8, 4) is 0 Å². The number of carboxylic acids is 1. The zero-order valence-corrected chi connectivity index (χ0v) is 11.7. The van der Waals surface area contributed by atoms with E-state index in [1.807, 2.05) is 6.92 Å². The highest BCUT2D eigenvalue weighted by Crippen LogP contribution is 2.29. The van der Waals surface area contributed by atoms with Crippen molar-refractivity contribution < 1.29 is 23.4 Å². The van der Waals surface area contributed by atoms with E-state index in [0.717, 1.165) is 30.7 Å². The summed E-state index contributed by atoms with van der Waals surface area (Å²) in [5.74, 6) is -2.56. The highest BCUT2D eigenvalue weighted by Gasteiger charge is 2.26. The lowest BCUT2D eigenvalue weighted by atomic mass is 10.1. The molecule has 1 aliphatic rings. The molecule has 1 unspecified atom stereocenters. The molecule has 0 radical (unpaired) electrons. The minimum Gasteiger partial charge on any atom is -0.478 e. The molecule has 4 nitrogen and oxygen atoms in total. The number of ether oxygens (including phenoxy) is 1. The van der Waals surface area contributed by atoms with Crippen LogP contribution in [0.2, 0.25) is 0 Å². The van der Waals surface area contributed by atoms with Crippen LogP contribution in [0, 0.1) is 11.6 Å². The number of benzene rings is 1. The lowest BCUT2D eigenvalue weighted by molar-refractivity contribution is -0.131. The van der Waals surface area contributed by atoms with Gasteiger partial charge in [0.15, 0.2) is 0 Å². The Hall–Kier alpha value is -1.95. The minimum absolute atomic E-state index is 0.0665. The summed E-state index contributed by atoms with van der Waals surface area (Å²) < 4.78 is 33.8. The fourth-order valence-corrected chi connectivity index (χ4v) is 2.41. The zero-order valence-electron chi connectivity index (χ0n) is 11.7. The number of carbonyl (C=O) groups is 1. The Kier molecular flexibility index (Phi) is 4.90. The Balaban J connectivity index is 2.34. The highest BCUT2D eigenvalue weighted by atomic mass is 19.1. The summed E-state index contributed by atoms with van der Waals surface area (Å²) in [6.45, 7) is 3.23. The third kappa shape index (κ3) is 3.58. The van der Waals surface area contributed by atoms with Crippen LogP contribution in [0.4, 0.5) is 14.5 Å². The van der Waals surface area contributed by atoms with Crippen LogP contribution in [0.5, 0.6) is 0 Å². The van der Waals surface area contributed by atoms with E-state index >= 15 is 0 Å². The molecule has 0 aromatic heterocycles. The molecule has 1 aromatic rings. The topological polar surface area (TPSA) is 49.8 Å². The van der Waals surface area contributed by atoms with Crippen molar-refractivity contribution >= 4 is 17.7 Å². The van der Waals surface area contributed by atoms with Crippen molar-refractivity contribution in [2.24, 2.45) is 0 Å². The number of hydrogen-bond acceptors (Lipinski definition) is 3. The van der Waals surface area contributed by atoms with Crippen molar-refractivity contribution in [1.82, 2.24) is 0 Å². The van der Waals surface area contributed by atoms with Crippen LogP contribution in [-0.2, 0) is 9.53 Å². The lowest BCUT2D eigenvalue weighted by Crippen LogP contribution is -2.46. The third-order valence-electron chi connectivity index (χ3n) is 3.44. The van der Waals surface area contributed by atoms with Gasteiger partial charge >= 0.3 is 5.97 Å². The first-order chi connectivity index (χ1) is 10.0. The molecule has 0 saturated carbocycles. The Morgan fingerprint density at radius 3 is 2.71 bits per heavy atom. The van der Waals surface area contributed by atoms with Crippen molar-refractivity contribution in [3.05, 3.63) is 35.4 Å². The fourth-order valence-electron chi connectivity index (χ4n) is 2.41. The van der Waals surface area contributed by atoms with Gasteiger partial charge in [-0.15, -0.1) is 0 Å². The lowest BCUT2D eigenvalue weighted by Gasteiger charge is -2.37. The van der Waals surface area contributed by atoms with Crippen LogP contribution in [-0.4, -0.2) is 36.9 Å². The number of carboxylic acid groups (broad SMARTS) is 1. The second-order valence-corrected chi connectivity index (χ2v) is 4.84. The molecule has 1 aromatic carbocycles. The number of morpholine rings is 1. The first kappa shape index (κ1) is 15.4. The predicted octanol–water partition coefficient (Wildman–Crippen LogP) is 2.68. The van der Waals surface area contributed by atoms with Gasteiger partial charge in [-0.3, -0.25) is 0 Å². The molecule has 6 heteroatoms. The van der Waals surface area contributed by atoms with Gasteiger partial charge in [-0.1, -0.05) is 6.92 Å². The van der Waals surface area contributed by atoms with Gasteiger partial charge in [0.2, 0.25) is 0 Å². The van der Waals surface area contributed by atoms with Crippen molar-refractivity contribution in [2.75, 3.05) is 24.7 Å². The van der Waals surface area contributed by atoms with Crippen LogP contribution in [0.15, 0.2) is 18.2 Å². The van der Waals surface area contributed by atoms with Crippen LogP contribution in [0.1, 0.15) is 18.9 Å². The predicted molar refractivity (Wildman–Crippen MR) is 75.3 cm³/mol. The standard InChI is InChI=1S/C15H17F2NO3/c1-2-11-9-21-6-5-18(11)15-12(16)7-10(8-13(15)17)3-4-14(19)20/h3-4,7-8,11H,2,5-6,9H2,1H3,(H,19,20). The number of hydrogen-bond donors (Lipinski definition) is 1. The number of aliphatic carboxylic acids is 1. The molecule has 0 bridgehead atoms. The third-order valence-corrected chi connectivity index (χ3v) is 3.44. The van der Waals surface area contributed by atoms with Crippen molar-refractivity contribution in [3.63, 3.8) is 0 Å². The first-order valence-electron chi connectivity index (χ1n) is 6.77. The Morgan fingerprint density at radius 1 is 1.48 bits per heavy atom. The summed E-state index contributed by atoms with van der Waals surface area (Å²) >= 11 is 0. The average molecular weight is 297 g/mol. The van der Waals surface area contributed by atoms with Gasteiger partial charge in [0.25, 0.3) is 0 Å². The van der Waals surface area contributed by atoms with Gasteiger partial charge in [-0.25, -0.2) is 13.6 Å². The molecule has 1 aliphatic heterocycles. The first-order valence-corrected chi connectivity index (χ1v) is 6.77. The molecule has 114 valence electrons. The molecule has 1 saturated heterocycles. The van der Waals surface area contributed by atoms with E-state index in [4.69, 9.17) is 9.84 Å². The largest absolute Gasteiger partial charge is 0.478 e. The molecule has 2 rings (SSSR count). The van der Waals surface area contributed by atoms with Gasteiger partial charge in [0.05, 0.1) is 19.3 Å². The number of anilines is 1. The number of halogens is 2. The Bertz CT molecular complexity index is 537. The van der Waals surface area contributed by atoms with Gasteiger partial charge < -0.3 is 14.7 Å². The monoisotopic (exact) mass is 297 g/mol. The summed E-state index contributed by atoms with van der Waals surface area (Å²) in [7, 11) is 0. The quantitative estimate of drug-likeness (QED) is 0.868. The molecular weight excluding hydrogens is 280 g/mol. The van der Waals surface area contributed by atoms with E-state index in [-0.39, 0.29) is 17.3 Å². The average Bonchev–Trinajstić information content (AvgIpc) is 2.45. The van der Waals surface area contributed by atoms with E-state index in [1.165, 1.54) is 0 Å². The normalized spacial score (nSPS) is 19.2. The van der Waals surface area contributed by atoms with Crippen LogP contribution < -0.4 is 4.90 Å². The summed E-state index contributed by atoms with van der Waals surface area (Å²) in [5, 5.41) is 8.54. The SMILES string of the molecule is CCC1COCCN1c1c(F)cc(C=CC(=O)O)cc1F. The number of nitrogens with zero attached hydrogens (tertiary/aromatic N) is 1. The minimum atomic E-state index is -1.17. The number of rotatable bonds is 4. The maximum Gasteiger partial charge on any atom is 0.328 e. The molecule has 0 spiro atoms. The molecule has 21 heavy (non-hydrogen) atoms. The molecule has 1 N–H and O–H groups in total. The molecule has 1 heterocycles. The fraction of sp³-hybridized carbons (Fsp3) is 0.400. The smallest absolute Gasteiger partial charge is 0.328 e. The van der Waals surface area contributed by atoms with Gasteiger partial charge in [-0.05, 0) is 30.2 Å². The summed E-state index contributed by atoms with van der Waals surface area (Å²) in [5.41, 5.74) is 0.107. The molecular formula is C15H17F2NO3. The van der Waals surface area contributed by atoms with E-state index < -0.39 is 17.6 Å². The van der Waals surface area contributed by atoms with E-state index in [2.05, 4.69) is 0 Å². The summed E-state index contributed by atoms with van der Waals surface area (Å²) in [6.07, 6.45) is 2.73. The summed E-state index contributed by atoms with van der Waals surface area (Å²) in [6, 6.07) is 2.21. The van der Waals surface area contributed by atoms with E-state index in [1.54, 1.807) is 4.90 Å². The molecule has 0 aliphatic carbocycles. The Labute approximate surface area is 121 Å². The van der Waals surface area contributed by atoms with Gasteiger partial charge in [0.1, 0.15) is 17.3 Å². The van der Waals surface area contributed by atoms with Crippen LogP contribution in [0.3, 0.4) is 0 Å². The zero-order chi connectivity index (χ0) is 15.4. The second kappa shape index (κ2) is 6.67. The molecule has 1 atom stereocenters. The van der Waals surface area contributed by atoms with Crippen LogP contribution in [0.25, 0.3) is 6.08 Å². The van der Waals surface area contributed by atoms with E-state index in [9.17, 15) is 13.6 Å². The maximum atomic E-state index is 14.2. The van der Waals surface area contributed by atoms with Crippen LogP contribution >= 0.6 is 0 Å². The molecule has 1 fully saturated rings. The Morgan fingerprint density at radius 2 is 2.14 bits per heavy atom. The molecule has 0 amide bonds. The maximum absolute atomic E-state index is 14.2. The van der Waals surface area contributed by atoms with Gasteiger partial charge in [0, 0.05) is 12.6 Å². The highest BCUT2D eigenvalue weighted by molar-refractivity contribution is 5.85. The van der Waals surface area contributed by atoms with Gasteiger partial charge in [-0.2, -0.15) is 0 Å². The van der Waals surface area contributed by atoms with E-state index in [0.29, 0.717) is 19.8 Å². The summed E-state index contributed by atoms with van der Waals surface area (Å²) in [4.78, 5) is 12.1.